The van der Waals surface area contributed by atoms with E-state index in [1.807, 2.05) is 19.9 Å². The molecule has 1 aliphatic heterocycles. The van der Waals surface area contributed by atoms with E-state index >= 15 is 0 Å². The number of para-hydroxylation sites is 1. The van der Waals surface area contributed by atoms with Crippen molar-refractivity contribution >= 4 is 21.7 Å². The molecule has 2 aromatic rings. The summed E-state index contributed by atoms with van der Waals surface area (Å²) < 4.78 is 33.7. The first-order chi connectivity index (χ1) is 12.5. The third-order valence-electron chi connectivity index (χ3n) is 4.09. The van der Waals surface area contributed by atoms with Gasteiger partial charge in [-0.15, -0.1) is 0 Å². The summed E-state index contributed by atoms with van der Waals surface area (Å²) in [4.78, 5) is 9.21. The molecule has 2 aromatic carbocycles. The summed E-state index contributed by atoms with van der Waals surface area (Å²) in [6, 6.07) is 13.5. The van der Waals surface area contributed by atoms with E-state index in [-0.39, 0.29) is 10.9 Å². The first-order valence-electron chi connectivity index (χ1n) is 8.37. The summed E-state index contributed by atoms with van der Waals surface area (Å²) >= 11 is 0. The predicted octanol–water partition coefficient (Wildman–Crippen LogP) is 2.62. The number of carbonyl (C=O) groups is 1. The standard InChI is InChI=1S/C17H20N2O3S.C2H4O2/c1-17(2)15(18)11-12-7-6-10-14(16(12)22-17)19-23(20,21)13-8-4-3-5-9-13;1-2(3)4/h3-10,15,19H,11,18H2,1-2H3;1H3,(H,3,4). The van der Waals surface area contributed by atoms with E-state index in [1.54, 1.807) is 42.5 Å². The number of aliphatic carboxylic acids is 1. The molecule has 8 heteroatoms. The Labute approximate surface area is 159 Å². The van der Waals surface area contributed by atoms with Crippen molar-refractivity contribution in [1.29, 1.82) is 0 Å². The lowest BCUT2D eigenvalue weighted by Crippen LogP contribution is -2.51. The van der Waals surface area contributed by atoms with Gasteiger partial charge in [-0.3, -0.25) is 9.52 Å². The number of carboxylic acid groups (broad SMARTS) is 1. The van der Waals surface area contributed by atoms with Crippen molar-refractivity contribution < 1.29 is 23.1 Å². The van der Waals surface area contributed by atoms with E-state index < -0.39 is 21.6 Å². The number of rotatable bonds is 3. The van der Waals surface area contributed by atoms with Crippen molar-refractivity contribution in [2.75, 3.05) is 4.72 Å². The van der Waals surface area contributed by atoms with Gasteiger partial charge in [-0.05, 0) is 44.0 Å². The van der Waals surface area contributed by atoms with Crippen LogP contribution in [-0.4, -0.2) is 31.1 Å². The minimum atomic E-state index is -3.66. The van der Waals surface area contributed by atoms with Gasteiger partial charge in [-0.2, -0.15) is 0 Å². The van der Waals surface area contributed by atoms with Crippen molar-refractivity contribution in [3.05, 3.63) is 54.1 Å². The average Bonchev–Trinajstić information content (AvgIpc) is 2.57. The van der Waals surface area contributed by atoms with Crippen LogP contribution in [0.25, 0.3) is 0 Å². The molecular weight excluding hydrogens is 368 g/mol. The maximum atomic E-state index is 12.5. The molecule has 7 nitrogen and oxygen atoms in total. The van der Waals surface area contributed by atoms with Crippen LogP contribution in [0.5, 0.6) is 5.75 Å². The van der Waals surface area contributed by atoms with Crippen LogP contribution in [0.15, 0.2) is 53.4 Å². The molecular formula is C19H24N2O5S. The third-order valence-corrected chi connectivity index (χ3v) is 5.47. The van der Waals surface area contributed by atoms with E-state index in [0.29, 0.717) is 17.9 Å². The molecule has 0 bridgehead atoms. The molecule has 0 spiro atoms. The summed E-state index contributed by atoms with van der Waals surface area (Å²) in [6.45, 7) is 4.90. The van der Waals surface area contributed by atoms with Crippen LogP contribution in [0.1, 0.15) is 26.3 Å². The minimum absolute atomic E-state index is 0.143. The topological polar surface area (TPSA) is 119 Å². The Kier molecular flexibility index (Phi) is 6.12. The highest BCUT2D eigenvalue weighted by atomic mass is 32.2. The van der Waals surface area contributed by atoms with Gasteiger partial charge in [0.1, 0.15) is 11.4 Å². The molecule has 3 rings (SSSR count). The molecule has 0 aromatic heterocycles. The summed E-state index contributed by atoms with van der Waals surface area (Å²) in [6.07, 6.45) is 0.642. The second-order valence-electron chi connectivity index (χ2n) is 6.75. The molecule has 4 N–H and O–H groups in total. The maximum absolute atomic E-state index is 12.5. The van der Waals surface area contributed by atoms with Crippen LogP contribution in [-0.2, 0) is 21.2 Å². The van der Waals surface area contributed by atoms with Crippen LogP contribution in [0, 0.1) is 0 Å². The minimum Gasteiger partial charge on any atom is -0.484 e. The molecule has 0 saturated heterocycles. The number of ether oxygens (including phenoxy) is 1. The van der Waals surface area contributed by atoms with Gasteiger partial charge in [-0.25, -0.2) is 8.42 Å². The fourth-order valence-electron chi connectivity index (χ4n) is 2.57. The number of anilines is 1. The van der Waals surface area contributed by atoms with Crippen LogP contribution in [0.2, 0.25) is 0 Å². The van der Waals surface area contributed by atoms with E-state index in [9.17, 15) is 8.42 Å². The lowest BCUT2D eigenvalue weighted by Gasteiger charge is -2.38. The molecule has 1 atom stereocenters. The zero-order chi connectivity index (χ0) is 20.2. The van der Waals surface area contributed by atoms with Gasteiger partial charge in [0, 0.05) is 13.0 Å². The van der Waals surface area contributed by atoms with Crippen LogP contribution in [0.4, 0.5) is 5.69 Å². The molecule has 0 aliphatic carbocycles. The first-order valence-corrected chi connectivity index (χ1v) is 9.85. The van der Waals surface area contributed by atoms with Crippen LogP contribution < -0.4 is 15.2 Å². The molecule has 146 valence electrons. The maximum Gasteiger partial charge on any atom is 0.300 e. The number of fused-ring (bicyclic) bond motifs is 1. The van der Waals surface area contributed by atoms with Gasteiger partial charge in [0.25, 0.3) is 16.0 Å². The fraction of sp³-hybridized carbons (Fsp3) is 0.316. The quantitative estimate of drug-likeness (QED) is 0.739. The molecule has 0 saturated carbocycles. The second kappa shape index (κ2) is 7.98. The van der Waals surface area contributed by atoms with E-state index in [2.05, 4.69) is 4.72 Å². The monoisotopic (exact) mass is 392 g/mol. The highest BCUT2D eigenvalue weighted by Gasteiger charge is 2.36. The molecule has 0 amide bonds. The van der Waals surface area contributed by atoms with Gasteiger partial charge < -0.3 is 15.6 Å². The van der Waals surface area contributed by atoms with Gasteiger partial charge in [-0.1, -0.05) is 30.3 Å². The molecule has 1 unspecified atom stereocenters. The zero-order valence-electron chi connectivity index (χ0n) is 15.5. The zero-order valence-corrected chi connectivity index (χ0v) is 16.3. The molecule has 0 fully saturated rings. The van der Waals surface area contributed by atoms with Crippen molar-refractivity contribution in [2.45, 2.75) is 43.7 Å². The summed E-state index contributed by atoms with van der Waals surface area (Å²) in [5.74, 6) is -0.279. The number of sulfonamides is 1. The van der Waals surface area contributed by atoms with Crippen molar-refractivity contribution in [2.24, 2.45) is 5.73 Å². The van der Waals surface area contributed by atoms with Crippen LogP contribution >= 0.6 is 0 Å². The Balaban J connectivity index is 0.000000596. The van der Waals surface area contributed by atoms with Crippen molar-refractivity contribution in [3.8, 4) is 5.75 Å². The smallest absolute Gasteiger partial charge is 0.300 e. The van der Waals surface area contributed by atoms with Gasteiger partial charge >= 0.3 is 0 Å². The van der Waals surface area contributed by atoms with Crippen molar-refractivity contribution in [3.63, 3.8) is 0 Å². The lowest BCUT2D eigenvalue weighted by molar-refractivity contribution is -0.134. The third kappa shape index (κ3) is 5.21. The Morgan fingerprint density at radius 1 is 1.19 bits per heavy atom. The van der Waals surface area contributed by atoms with Gasteiger partial charge in [0.15, 0.2) is 0 Å². The Morgan fingerprint density at radius 3 is 2.37 bits per heavy atom. The average molecular weight is 392 g/mol. The summed E-state index contributed by atoms with van der Waals surface area (Å²) in [7, 11) is -3.66. The molecule has 1 heterocycles. The molecule has 27 heavy (non-hydrogen) atoms. The number of carboxylic acids is 1. The van der Waals surface area contributed by atoms with Crippen molar-refractivity contribution in [1.82, 2.24) is 0 Å². The fourth-order valence-corrected chi connectivity index (χ4v) is 3.65. The number of benzene rings is 2. The predicted molar refractivity (Wildman–Crippen MR) is 103 cm³/mol. The number of nitrogens with two attached hydrogens (primary N) is 1. The molecule has 1 aliphatic rings. The Hall–Kier alpha value is -2.58. The molecule has 0 radical (unpaired) electrons. The number of hydrogen-bond donors (Lipinski definition) is 3. The van der Waals surface area contributed by atoms with Gasteiger partial charge in [0.2, 0.25) is 0 Å². The lowest BCUT2D eigenvalue weighted by atomic mass is 9.89. The summed E-state index contributed by atoms with van der Waals surface area (Å²) in [5.41, 5.74) is 6.92. The van der Waals surface area contributed by atoms with E-state index in [1.165, 1.54) is 0 Å². The number of nitrogens with one attached hydrogen (secondary N) is 1. The highest BCUT2D eigenvalue weighted by molar-refractivity contribution is 7.92. The Morgan fingerprint density at radius 2 is 1.78 bits per heavy atom. The first kappa shape index (κ1) is 20.7. The highest BCUT2D eigenvalue weighted by Crippen LogP contribution is 2.39. The van der Waals surface area contributed by atoms with Crippen LogP contribution in [0.3, 0.4) is 0 Å². The Bertz CT molecular complexity index is 907. The normalized spacial score (nSPS) is 17.6. The second-order valence-corrected chi connectivity index (χ2v) is 8.43. The van der Waals surface area contributed by atoms with Gasteiger partial charge in [0.05, 0.1) is 10.6 Å². The number of hydrogen-bond acceptors (Lipinski definition) is 5. The largest absolute Gasteiger partial charge is 0.484 e. The SMILES string of the molecule is CC(=O)O.CC1(C)Oc2c(cccc2NS(=O)(=O)c2ccccc2)CC1N. The summed E-state index contributed by atoms with van der Waals surface area (Å²) in [5, 5.41) is 7.42. The van der Waals surface area contributed by atoms with E-state index in [4.69, 9.17) is 20.4 Å². The van der Waals surface area contributed by atoms with E-state index in [0.717, 1.165) is 12.5 Å².